The zero-order chi connectivity index (χ0) is 17.2. The molecule has 0 aliphatic rings. The van der Waals surface area contributed by atoms with Gasteiger partial charge in [-0.1, -0.05) is 17.3 Å². The van der Waals surface area contributed by atoms with E-state index in [1.165, 1.54) is 0 Å². The van der Waals surface area contributed by atoms with E-state index in [4.69, 9.17) is 9.15 Å². The van der Waals surface area contributed by atoms with E-state index in [2.05, 4.69) is 25.5 Å². The highest BCUT2D eigenvalue weighted by atomic mass is 16.5. The van der Waals surface area contributed by atoms with E-state index in [1.807, 2.05) is 31.2 Å². The van der Waals surface area contributed by atoms with Crippen molar-refractivity contribution < 1.29 is 9.15 Å². The summed E-state index contributed by atoms with van der Waals surface area (Å²) >= 11 is 0. The second-order valence-electron chi connectivity index (χ2n) is 5.26. The summed E-state index contributed by atoms with van der Waals surface area (Å²) in [5.74, 6) is 1.42. The molecule has 124 valence electrons. The van der Waals surface area contributed by atoms with Crippen LogP contribution in [0.1, 0.15) is 5.69 Å². The van der Waals surface area contributed by atoms with Gasteiger partial charge in [-0.2, -0.15) is 0 Å². The summed E-state index contributed by atoms with van der Waals surface area (Å²) in [4.78, 5) is 3.98. The zero-order valence-corrected chi connectivity index (χ0v) is 13.6. The molecule has 0 atom stereocenters. The number of rotatable bonds is 4. The predicted molar refractivity (Wildman–Crippen MR) is 89.2 cm³/mol. The Hall–Kier alpha value is -3.55. The van der Waals surface area contributed by atoms with E-state index >= 15 is 0 Å². The summed E-state index contributed by atoms with van der Waals surface area (Å²) in [5, 5.41) is 16.6. The molecule has 0 N–H and O–H groups in total. The average molecular weight is 334 g/mol. The van der Waals surface area contributed by atoms with Crippen molar-refractivity contribution >= 4 is 0 Å². The van der Waals surface area contributed by atoms with Crippen molar-refractivity contribution in [1.29, 1.82) is 0 Å². The van der Waals surface area contributed by atoms with E-state index in [-0.39, 0.29) is 0 Å². The molecule has 0 radical (unpaired) electrons. The molecule has 25 heavy (non-hydrogen) atoms. The van der Waals surface area contributed by atoms with Gasteiger partial charge >= 0.3 is 0 Å². The molecule has 3 heterocycles. The van der Waals surface area contributed by atoms with Crippen molar-refractivity contribution in [2.75, 3.05) is 7.11 Å². The molecule has 0 aliphatic carbocycles. The Labute approximate surface area is 143 Å². The lowest BCUT2D eigenvalue weighted by Gasteiger charge is -2.08. The Kier molecular flexibility index (Phi) is 3.70. The van der Waals surface area contributed by atoms with Crippen LogP contribution < -0.4 is 4.74 Å². The maximum absolute atomic E-state index is 5.75. The minimum absolute atomic E-state index is 0.311. The van der Waals surface area contributed by atoms with Crippen molar-refractivity contribution in [1.82, 2.24) is 30.2 Å². The minimum atomic E-state index is 0.311. The lowest BCUT2D eigenvalue weighted by Crippen LogP contribution is -2.01. The third-order valence-corrected chi connectivity index (χ3v) is 3.76. The van der Waals surface area contributed by atoms with E-state index in [0.29, 0.717) is 23.2 Å². The van der Waals surface area contributed by atoms with Gasteiger partial charge < -0.3 is 9.15 Å². The van der Waals surface area contributed by atoms with E-state index in [0.717, 1.165) is 16.9 Å². The molecule has 8 nitrogen and oxygen atoms in total. The molecule has 4 aromatic rings. The summed E-state index contributed by atoms with van der Waals surface area (Å²) in [6.07, 6.45) is 3.34. The first-order chi connectivity index (χ1) is 12.3. The van der Waals surface area contributed by atoms with Gasteiger partial charge in [-0.15, -0.1) is 15.3 Å². The van der Waals surface area contributed by atoms with Crippen molar-refractivity contribution in [2.24, 2.45) is 0 Å². The fourth-order valence-electron chi connectivity index (χ4n) is 2.49. The van der Waals surface area contributed by atoms with Crippen LogP contribution >= 0.6 is 0 Å². The van der Waals surface area contributed by atoms with Crippen molar-refractivity contribution in [3.63, 3.8) is 0 Å². The van der Waals surface area contributed by atoms with Crippen molar-refractivity contribution in [2.45, 2.75) is 6.92 Å². The molecular formula is C17H14N6O2. The average Bonchev–Trinajstić information content (AvgIpc) is 3.29. The predicted octanol–water partition coefficient (Wildman–Crippen LogP) is 2.70. The molecule has 0 saturated carbocycles. The highest BCUT2D eigenvalue weighted by molar-refractivity contribution is 5.57. The molecule has 8 heteroatoms. The first kappa shape index (κ1) is 15.0. The monoisotopic (exact) mass is 334 g/mol. The normalized spacial score (nSPS) is 10.8. The molecule has 0 unspecified atom stereocenters. The van der Waals surface area contributed by atoms with Gasteiger partial charge in [0.1, 0.15) is 11.4 Å². The van der Waals surface area contributed by atoms with Crippen LogP contribution in [0.5, 0.6) is 5.75 Å². The van der Waals surface area contributed by atoms with Crippen molar-refractivity contribution in [3.8, 4) is 34.5 Å². The van der Waals surface area contributed by atoms with Gasteiger partial charge in [-0.05, 0) is 31.2 Å². The van der Waals surface area contributed by atoms with Gasteiger partial charge in [0.25, 0.3) is 5.89 Å². The van der Waals surface area contributed by atoms with Crippen LogP contribution in [-0.2, 0) is 0 Å². The lowest BCUT2D eigenvalue weighted by atomic mass is 10.2. The molecule has 0 spiro atoms. The van der Waals surface area contributed by atoms with Crippen LogP contribution in [0, 0.1) is 6.92 Å². The highest BCUT2D eigenvalue weighted by Gasteiger charge is 2.19. The van der Waals surface area contributed by atoms with Crippen LogP contribution in [0.25, 0.3) is 28.7 Å². The molecule has 0 aliphatic heterocycles. The Morgan fingerprint density at radius 1 is 0.960 bits per heavy atom. The Bertz CT molecular complexity index is 1010. The van der Waals surface area contributed by atoms with E-state index < -0.39 is 0 Å². The molecule has 0 bridgehead atoms. The van der Waals surface area contributed by atoms with Crippen LogP contribution in [0.2, 0.25) is 0 Å². The lowest BCUT2D eigenvalue weighted by molar-refractivity contribution is 0.411. The first-order valence-electron chi connectivity index (χ1n) is 7.58. The summed E-state index contributed by atoms with van der Waals surface area (Å²) in [5.41, 5.74) is 2.88. The summed E-state index contributed by atoms with van der Waals surface area (Å²) in [7, 11) is 1.62. The number of ether oxygens (including phenoxy) is 1. The number of nitrogens with zero attached hydrogens (tertiary/aromatic N) is 6. The third-order valence-electron chi connectivity index (χ3n) is 3.76. The van der Waals surface area contributed by atoms with Crippen LogP contribution in [0.3, 0.4) is 0 Å². The van der Waals surface area contributed by atoms with Gasteiger partial charge in [0.2, 0.25) is 5.89 Å². The molecule has 3 aromatic heterocycles. The van der Waals surface area contributed by atoms with Crippen LogP contribution in [0.15, 0.2) is 53.2 Å². The van der Waals surface area contributed by atoms with Gasteiger partial charge in [0.05, 0.1) is 12.8 Å². The third kappa shape index (κ3) is 2.63. The molecule has 0 amide bonds. The second-order valence-corrected chi connectivity index (χ2v) is 5.26. The van der Waals surface area contributed by atoms with E-state index in [1.54, 1.807) is 36.3 Å². The number of para-hydroxylation sites is 2. The highest BCUT2D eigenvalue weighted by Crippen LogP contribution is 2.28. The Morgan fingerprint density at radius 2 is 1.72 bits per heavy atom. The quantitative estimate of drug-likeness (QED) is 0.566. The maximum Gasteiger partial charge on any atom is 0.270 e. The maximum atomic E-state index is 5.75. The summed E-state index contributed by atoms with van der Waals surface area (Å²) in [6.45, 7) is 1.89. The SMILES string of the molecule is COc1ccccc1-n1nnc(-c2nnc(-c3ccncc3)o2)c1C. The molecule has 0 saturated heterocycles. The second kappa shape index (κ2) is 6.16. The number of aromatic nitrogens is 6. The topological polar surface area (TPSA) is 91.8 Å². The number of hydrogen-bond donors (Lipinski definition) is 0. The smallest absolute Gasteiger partial charge is 0.270 e. The Balaban J connectivity index is 1.74. The van der Waals surface area contributed by atoms with Crippen LogP contribution in [0.4, 0.5) is 0 Å². The largest absolute Gasteiger partial charge is 0.494 e. The fraction of sp³-hybridized carbons (Fsp3) is 0.118. The minimum Gasteiger partial charge on any atom is -0.494 e. The van der Waals surface area contributed by atoms with Gasteiger partial charge in [0, 0.05) is 18.0 Å². The molecule has 4 rings (SSSR count). The first-order valence-corrected chi connectivity index (χ1v) is 7.58. The summed E-state index contributed by atoms with van der Waals surface area (Å²) < 4.78 is 12.8. The Morgan fingerprint density at radius 3 is 2.52 bits per heavy atom. The number of hydrogen-bond acceptors (Lipinski definition) is 7. The van der Waals surface area contributed by atoms with Gasteiger partial charge in [-0.3, -0.25) is 4.98 Å². The number of methoxy groups -OCH3 is 1. The number of benzene rings is 1. The van der Waals surface area contributed by atoms with Gasteiger partial charge in [0.15, 0.2) is 5.69 Å². The fourth-order valence-corrected chi connectivity index (χ4v) is 2.49. The van der Waals surface area contributed by atoms with Crippen LogP contribution in [-0.4, -0.2) is 37.3 Å². The van der Waals surface area contributed by atoms with Gasteiger partial charge in [-0.25, -0.2) is 4.68 Å². The van der Waals surface area contributed by atoms with Crippen molar-refractivity contribution in [3.05, 3.63) is 54.5 Å². The molecular weight excluding hydrogens is 320 g/mol. The zero-order valence-electron chi connectivity index (χ0n) is 13.6. The van der Waals surface area contributed by atoms with E-state index in [9.17, 15) is 0 Å². The molecule has 0 fully saturated rings. The number of pyridine rings is 1. The summed E-state index contributed by atoms with van der Waals surface area (Å²) in [6, 6.07) is 11.2. The molecule has 1 aromatic carbocycles. The standard InChI is InChI=1S/C17H14N6O2/c1-11-15(17-21-20-16(25-17)12-7-9-18-10-8-12)19-22-23(11)13-5-3-4-6-14(13)24-2/h3-10H,1-2H3.